The molecule has 0 fully saturated rings. The van der Waals surface area contributed by atoms with Gasteiger partial charge < -0.3 is 9.84 Å². The van der Waals surface area contributed by atoms with E-state index in [0.717, 1.165) is 12.1 Å². The summed E-state index contributed by atoms with van der Waals surface area (Å²) in [6, 6.07) is 1.80. The lowest BCUT2D eigenvalue weighted by molar-refractivity contribution is 0.189. The molecule has 1 atom stereocenters. The van der Waals surface area contributed by atoms with Crippen LogP contribution in [0.25, 0.3) is 0 Å². The van der Waals surface area contributed by atoms with E-state index >= 15 is 0 Å². The normalized spacial score (nSPS) is 12.6. The first-order valence-electron chi connectivity index (χ1n) is 4.36. The average molecular weight is 202 g/mol. The fraction of sp³-hybridized carbons (Fsp3) is 0.400. The zero-order valence-corrected chi connectivity index (χ0v) is 8.05. The van der Waals surface area contributed by atoms with Crippen molar-refractivity contribution in [2.75, 3.05) is 6.61 Å². The number of aliphatic hydroxyl groups excluding tert-OH is 1. The van der Waals surface area contributed by atoms with Crippen LogP contribution in [0.5, 0.6) is 5.75 Å². The van der Waals surface area contributed by atoms with Crippen molar-refractivity contribution in [3.05, 3.63) is 29.3 Å². The third-order valence-corrected chi connectivity index (χ3v) is 1.78. The van der Waals surface area contributed by atoms with E-state index in [4.69, 9.17) is 4.74 Å². The maximum Gasteiger partial charge on any atom is 0.168 e. The summed E-state index contributed by atoms with van der Waals surface area (Å²) in [6.07, 6.45) is -0.957. The molecular weight excluding hydrogens is 190 g/mol. The van der Waals surface area contributed by atoms with E-state index in [0.29, 0.717) is 0 Å². The molecule has 4 heteroatoms. The Morgan fingerprint density at radius 1 is 1.43 bits per heavy atom. The van der Waals surface area contributed by atoms with Crippen LogP contribution < -0.4 is 4.74 Å². The van der Waals surface area contributed by atoms with E-state index in [1.807, 2.05) is 0 Å². The van der Waals surface area contributed by atoms with Gasteiger partial charge in [-0.25, -0.2) is 8.78 Å². The molecule has 0 aliphatic rings. The van der Waals surface area contributed by atoms with E-state index in [-0.39, 0.29) is 17.9 Å². The third-order valence-electron chi connectivity index (χ3n) is 1.78. The van der Waals surface area contributed by atoms with Gasteiger partial charge >= 0.3 is 0 Å². The summed E-state index contributed by atoms with van der Waals surface area (Å²) in [5.74, 6) is -1.59. The van der Waals surface area contributed by atoms with Crippen molar-refractivity contribution in [2.45, 2.75) is 20.0 Å². The van der Waals surface area contributed by atoms with Crippen molar-refractivity contribution in [1.29, 1.82) is 0 Å². The first kappa shape index (κ1) is 10.9. The predicted octanol–water partition coefficient (Wildman–Crippen LogP) is 2.42. The van der Waals surface area contributed by atoms with Gasteiger partial charge in [-0.05, 0) is 19.9 Å². The Morgan fingerprint density at radius 3 is 2.57 bits per heavy atom. The number of rotatable bonds is 3. The van der Waals surface area contributed by atoms with Crippen LogP contribution in [-0.2, 0) is 0 Å². The average Bonchev–Trinajstić information content (AvgIpc) is 2.09. The lowest BCUT2D eigenvalue weighted by atomic mass is 10.1. The smallest absolute Gasteiger partial charge is 0.168 e. The van der Waals surface area contributed by atoms with Gasteiger partial charge in [0.2, 0.25) is 0 Å². The highest BCUT2D eigenvalue weighted by Crippen LogP contribution is 2.29. The zero-order chi connectivity index (χ0) is 10.7. The Morgan fingerprint density at radius 2 is 2.07 bits per heavy atom. The van der Waals surface area contributed by atoms with E-state index in [1.165, 1.54) is 6.92 Å². The van der Waals surface area contributed by atoms with Crippen LogP contribution in [0, 0.1) is 11.6 Å². The van der Waals surface area contributed by atoms with E-state index < -0.39 is 17.7 Å². The molecule has 1 N–H and O–H groups in total. The second kappa shape index (κ2) is 4.37. The van der Waals surface area contributed by atoms with Gasteiger partial charge in [0.1, 0.15) is 5.82 Å². The maximum absolute atomic E-state index is 13.2. The van der Waals surface area contributed by atoms with Gasteiger partial charge in [0.15, 0.2) is 11.6 Å². The molecule has 0 amide bonds. The van der Waals surface area contributed by atoms with Crippen LogP contribution in [0.2, 0.25) is 0 Å². The molecule has 0 aliphatic heterocycles. The molecule has 1 aromatic rings. The van der Waals surface area contributed by atoms with Crippen molar-refractivity contribution >= 4 is 0 Å². The summed E-state index contributed by atoms with van der Waals surface area (Å²) < 4.78 is 31.0. The van der Waals surface area contributed by atoms with Crippen LogP contribution in [0.1, 0.15) is 25.5 Å². The van der Waals surface area contributed by atoms with Crippen LogP contribution in [0.15, 0.2) is 12.1 Å². The highest BCUT2D eigenvalue weighted by atomic mass is 19.1. The molecule has 2 nitrogen and oxygen atoms in total. The SMILES string of the molecule is CCOc1c(F)cc(F)cc1[C@H](C)O. The van der Waals surface area contributed by atoms with Gasteiger partial charge in [0, 0.05) is 11.6 Å². The summed E-state index contributed by atoms with van der Waals surface area (Å²) in [5, 5.41) is 9.27. The lowest BCUT2D eigenvalue weighted by Crippen LogP contribution is -2.03. The van der Waals surface area contributed by atoms with E-state index in [1.54, 1.807) is 6.92 Å². The molecule has 1 aromatic carbocycles. The van der Waals surface area contributed by atoms with Gasteiger partial charge in [-0.2, -0.15) is 0 Å². The number of halogens is 2. The maximum atomic E-state index is 13.2. The minimum absolute atomic E-state index is 0.0797. The van der Waals surface area contributed by atoms with Gasteiger partial charge in [0.25, 0.3) is 0 Å². The monoisotopic (exact) mass is 202 g/mol. The molecule has 1 rings (SSSR count). The van der Waals surface area contributed by atoms with Gasteiger partial charge in [-0.1, -0.05) is 0 Å². The molecule has 0 spiro atoms. The second-order valence-corrected chi connectivity index (χ2v) is 2.91. The van der Waals surface area contributed by atoms with E-state index in [2.05, 4.69) is 0 Å². The highest BCUT2D eigenvalue weighted by Gasteiger charge is 2.15. The summed E-state index contributed by atoms with van der Waals surface area (Å²) in [7, 11) is 0. The molecule has 0 aromatic heterocycles. The second-order valence-electron chi connectivity index (χ2n) is 2.91. The van der Waals surface area contributed by atoms with E-state index in [9.17, 15) is 13.9 Å². The van der Waals surface area contributed by atoms with Crippen molar-refractivity contribution in [1.82, 2.24) is 0 Å². The van der Waals surface area contributed by atoms with Crippen LogP contribution in [0.4, 0.5) is 8.78 Å². The van der Waals surface area contributed by atoms with Crippen molar-refractivity contribution in [2.24, 2.45) is 0 Å². The van der Waals surface area contributed by atoms with Crippen LogP contribution >= 0.6 is 0 Å². The van der Waals surface area contributed by atoms with Crippen molar-refractivity contribution < 1.29 is 18.6 Å². The van der Waals surface area contributed by atoms with Gasteiger partial charge in [-0.15, -0.1) is 0 Å². The Labute approximate surface area is 81.1 Å². The Hall–Kier alpha value is -1.16. The van der Waals surface area contributed by atoms with Crippen molar-refractivity contribution in [3.63, 3.8) is 0 Å². The molecule has 0 saturated carbocycles. The molecule has 78 valence electrons. The van der Waals surface area contributed by atoms with Crippen LogP contribution in [0.3, 0.4) is 0 Å². The first-order valence-corrected chi connectivity index (χ1v) is 4.36. The topological polar surface area (TPSA) is 29.5 Å². The number of aliphatic hydroxyl groups is 1. The quantitative estimate of drug-likeness (QED) is 0.815. The minimum Gasteiger partial charge on any atom is -0.490 e. The summed E-state index contributed by atoms with van der Waals surface area (Å²) >= 11 is 0. The molecule has 14 heavy (non-hydrogen) atoms. The lowest BCUT2D eigenvalue weighted by Gasteiger charge is -2.13. The Bertz CT molecular complexity index is 324. The molecule has 0 aliphatic carbocycles. The molecule has 0 radical (unpaired) electrons. The predicted molar refractivity (Wildman–Crippen MR) is 48.2 cm³/mol. The molecule has 0 saturated heterocycles. The van der Waals surface area contributed by atoms with Gasteiger partial charge in [-0.3, -0.25) is 0 Å². The molecule has 0 unspecified atom stereocenters. The first-order chi connectivity index (χ1) is 6.56. The fourth-order valence-corrected chi connectivity index (χ4v) is 1.19. The van der Waals surface area contributed by atoms with Gasteiger partial charge in [0.05, 0.1) is 12.7 Å². The fourth-order valence-electron chi connectivity index (χ4n) is 1.19. The summed E-state index contributed by atoms with van der Waals surface area (Å²) in [5.41, 5.74) is 0.129. The molecule has 0 heterocycles. The van der Waals surface area contributed by atoms with Crippen molar-refractivity contribution in [3.8, 4) is 5.75 Å². The third kappa shape index (κ3) is 2.20. The number of hydrogen-bond acceptors (Lipinski definition) is 2. The largest absolute Gasteiger partial charge is 0.490 e. The number of benzene rings is 1. The summed E-state index contributed by atoms with van der Waals surface area (Å²) in [6.45, 7) is 3.38. The number of ether oxygens (including phenoxy) is 1. The molecule has 0 bridgehead atoms. The zero-order valence-electron chi connectivity index (χ0n) is 8.05. The van der Waals surface area contributed by atoms with Crippen LogP contribution in [-0.4, -0.2) is 11.7 Å². The Kier molecular flexibility index (Phi) is 3.41. The highest BCUT2D eigenvalue weighted by molar-refractivity contribution is 5.37. The number of hydrogen-bond donors (Lipinski definition) is 1. The standard InChI is InChI=1S/C10H12F2O2/c1-3-14-10-8(6(2)13)4-7(11)5-9(10)12/h4-6,13H,3H2,1-2H3/t6-/m0/s1. The minimum atomic E-state index is -0.957. The Balaban J connectivity index is 3.21. The summed E-state index contributed by atoms with van der Waals surface area (Å²) in [4.78, 5) is 0. The molecular formula is C10H12F2O2.